The van der Waals surface area contributed by atoms with Gasteiger partial charge in [-0.05, 0) is 81.9 Å². The molecule has 1 aromatic heterocycles. The Balaban J connectivity index is 1.11. The molecule has 13 heteroatoms. The smallest absolute Gasteiger partial charge is 0.369 e. The Bertz CT molecular complexity index is 1270. The summed E-state index contributed by atoms with van der Waals surface area (Å²) in [4.78, 5) is 29.2. The number of alkyl halides is 3. The van der Waals surface area contributed by atoms with Crippen molar-refractivity contribution in [2.45, 2.75) is 50.2 Å². The first kappa shape index (κ1) is 29.7. The molecular weight excluding hydrogens is 559 g/mol. The van der Waals surface area contributed by atoms with Crippen LogP contribution in [0.5, 0.6) is 0 Å². The Kier molecular flexibility index (Phi) is 8.80. The number of urea groups is 1. The van der Waals surface area contributed by atoms with E-state index in [1.54, 1.807) is 4.90 Å². The third kappa shape index (κ3) is 7.26. The zero-order valence-corrected chi connectivity index (χ0v) is 24.8. The van der Waals surface area contributed by atoms with Gasteiger partial charge in [0, 0.05) is 76.0 Å². The van der Waals surface area contributed by atoms with E-state index in [4.69, 9.17) is 0 Å². The van der Waals surface area contributed by atoms with Crippen LogP contribution in [0.1, 0.15) is 49.1 Å². The lowest BCUT2D eigenvalue weighted by molar-refractivity contribution is -0.137. The summed E-state index contributed by atoms with van der Waals surface area (Å²) in [7, 11) is 2.20. The average Bonchev–Trinajstić information content (AvgIpc) is 3.76. The second-order valence-corrected chi connectivity index (χ2v) is 12.2. The molecule has 3 N–H and O–H groups in total. The minimum atomic E-state index is -4.59. The molecule has 234 valence electrons. The van der Waals surface area contributed by atoms with Crippen LogP contribution in [0, 0.1) is 0 Å². The lowest BCUT2D eigenvalue weighted by Crippen LogP contribution is -2.53. The molecule has 1 saturated carbocycles. The number of aromatic nitrogens is 2. The summed E-state index contributed by atoms with van der Waals surface area (Å²) in [5, 5.41) is 8.77. The molecule has 2 amide bonds. The molecule has 10 nitrogen and oxygen atoms in total. The minimum absolute atomic E-state index is 0.121. The molecule has 0 bridgehead atoms. The Labute approximate surface area is 251 Å². The molecule has 0 radical (unpaired) electrons. The predicted octanol–water partition coefficient (Wildman–Crippen LogP) is 4.16. The second kappa shape index (κ2) is 12.7. The van der Waals surface area contributed by atoms with Crippen LogP contribution < -0.4 is 20.9 Å². The monoisotopic (exact) mass is 601 g/mol. The van der Waals surface area contributed by atoms with Crippen molar-refractivity contribution in [2.24, 2.45) is 0 Å². The number of hydrogen-bond acceptors (Lipinski definition) is 8. The van der Waals surface area contributed by atoms with E-state index in [1.807, 2.05) is 6.07 Å². The molecule has 43 heavy (non-hydrogen) atoms. The highest BCUT2D eigenvalue weighted by atomic mass is 19.4. The van der Waals surface area contributed by atoms with Gasteiger partial charge in [-0.15, -0.1) is 0 Å². The average molecular weight is 602 g/mol. The normalized spacial score (nSPS) is 20.9. The molecule has 4 heterocycles. The highest BCUT2D eigenvalue weighted by Crippen LogP contribution is 2.45. The Morgan fingerprint density at radius 3 is 2.47 bits per heavy atom. The number of nitrogens with zero attached hydrogens (tertiary/aromatic N) is 6. The van der Waals surface area contributed by atoms with Crippen molar-refractivity contribution in [1.29, 1.82) is 0 Å². The first-order valence-corrected chi connectivity index (χ1v) is 15.5. The quantitative estimate of drug-likeness (QED) is 0.350. The van der Waals surface area contributed by atoms with Gasteiger partial charge in [0.2, 0.25) is 5.95 Å². The third-order valence-corrected chi connectivity index (χ3v) is 9.12. The maximum absolute atomic E-state index is 13.7. The summed E-state index contributed by atoms with van der Waals surface area (Å²) in [6, 6.07) is 6.89. The third-order valence-electron chi connectivity index (χ3n) is 9.12. The largest absolute Gasteiger partial charge is 0.421 e. The maximum atomic E-state index is 13.7. The fourth-order valence-electron chi connectivity index (χ4n) is 6.40. The number of rotatable bonds is 10. The number of amides is 2. The van der Waals surface area contributed by atoms with E-state index in [0.29, 0.717) is 38.0 Å². The topological polar surface area (TPSA) is 91.9 Å². The molecular formula is C30H42F3N9O. The van der Waals surface area contributed by atoms with Gasteiger partial charge in [0.05, 0.1) is 0 Å². The molecule has 2 aromatic rings. The van der Waals surface area contributed by atoms with E-state index in [1.165, 1.54) is 31.6 Å². The maximum Gasteiger partial charge on any atom is 0.421 e. The van der Waals surface area contributed by atoms with Crippen molar-refractivity contribution < 1.29 is 18.0 Å². The van der Waals surface area contributed by atoms with Gasteiger partial charge >= 0.3 is 12.2 Å². The van der Waals surface area contributed by atoms with Crippen molar-refractivity contribution >= 4 is 29.2 Å². The highest BCUT2D eigenvalue weighted by Gasteiger charge is 2.36. The number of anilines is 4. The van der Waals surface area contributed by atoms with Crippen LogP contribution in [0.25, 0.3) is 0 Å². The lowest BCUT2D eigenvalue weighted by atomic mass is 10.0. The SMILES string of the molecule is CN1CCC(N2CCN(c3ccc(Nc4ncc(C(F)(F)F)c(NCCCN5CCNC5=O)n4)c(C4CC4)c3)CC2)CC1. The summed E-state index contributed by atoms with van der Waals surface area (Å²) in [6.07, 6.45) is 1.41. The van der Waals surface area contributed by atoms with Gasteiger partial charge in [-0.3, -0.25) is 4.90 Å². The van der Waals surface area contributed by atoms with Crippen molar-refractivity contribution in [3.05, 3.63) is 35.5 Å². The number of hydrogen-bond donors (Lipinski definition) is 3. The van der Waals surface area contributed by atoms with E-state index in [-0.39, 0.29) is 24.3 Å². The number of nitrogens with one attached hydrogen (secondary N) is 3. The first-order valence-electron chi connectivity index (χ1n) is 15.5. The van der Waals surface area contributed by atoms with Gasteiger partial charge in [0.1, 0.15) is 11.4 Å². The van der Waals surface area contributed by atoms with Crippen LogP contribution in [0.15, 0.2) is 24.4 Å². The van der Waals surface area contributed by atoms with Crippen molar-refractivity contribution in [3.63, 3.8) is 0 Å². The van der Waals surface area contributed by atoms with Crippen LogP contribution in [0.4, 0.5) is 41.1 Å². The molecule has 6 rings (SSSR count). The number of piperidine rings is 1. The number of carbonyl (C=O) groups excluding carboxylic acids is 1. The Morgan fingerprint density at radius 2 is 1.79 bits per heavy atom. The second-order valence-electron chi connectivity index (χ2n) is 12.2. The number of halogens is 3. The predicted molar refractivity (Wildman–Crippen MR) is 161 cm³/mol. The number of likely N-dealkylation sites (tertiary alicyclic amines) is 1. The molecule has 0 unspecified atom stereocenters. The molecule has 1 aliphatic carbocycles. The highest BCUT2D eigenvalue weighted by molar-refractivity contribution is 5.76. The minimum Gasteiger partial charge on any atom is -0.369 e. The zero-order valence-electron chi connectivity index (χ0n) is 24.8. The number of piperazine rings is 1. The lowest BCUT2D eigenvalue weighted by Gasteiger charge is -2.43. The van der Waals surface area contributed by atoms with E-state index in [9.17, 15) is 18.0 Å². The van der Waals surface area contributed by atoms with E-state index < -0.39 is 11.7 Å². The fraction of sp³-hybridized carbons (Fsp3) is 0.633. The van der Waals surface area contributed by atoms with Gasteiger partial charge in [-0.2, -0.15) is 18.2 Å². The molecule has 4 aliphatic rings. The molecule has 0 spiro atoms. The Hall–Kier alpha value is -3.32. The van der Waals surface area contributed by atoms with Gasteiger partial charge in [0.15, 0.2) is 0 Å². The van der Waals surface area contributed by atoms with Gasteiger partial charge in [0.25, 0.3) is 0 Å². The van der Waals surface area contributed by atoms with Gasteiger partial charge in [-0.25, -0.2) is 9.78 Å². The molecule has 0 atom stereocenters. The zero-order chi connectivity index (χ0) is 30.0. The molecule has 1 aromatic carbocycles. The fourth-order valence-corrected chi connectivity index (χ4v) is 6.40. The summed E-state index contributed by atoms with van der Waals surface area (Å²) in [5.41, 5.74) is 2.28. The number of benzene rings is 1. The number of carbonyl (C=O) groups is 1. The molecule has 3 aliphatic heterocycles. The van der Waals surface area contributed by atoms with Crippen molar-refractivity contribution in [1.82, 2.24) is 30.0 Å². The van der Waals surface area contributed by atoms with Crippen LogP contribution in [0.2, 0.25) is 0 Å². The summed E-state index contributed by atoms with van der Waals surface area (Å²) < 4.78 is 41.2. The van der Waals surface area contributed by atoms with Crippen LogP contribution in [-0.4, -0.2) is 109 Å². The van der Waals surface area contributed by atoms with Crippen molar-refractivity contribution in [3.8, 4) is 0 Å². The standard InChI is InChI=1S/C30H42F3N9O/c1-39-12-7-22(8-13-39)40-15-17-41(18-16-40)23-5-6-26(24(19-23)21-3-4-21)37-28-36-20-25(30(31,32)33)27(38-28)34-9-2-11-42-14-10-35-29(42)43/h5-6,19-22H,2-4,7-18H2,1H3,(H,35,43)(H2,34,36,37,38). The first-order chi connectivity index (χ1) is 20.7. The van der Waals surface area contributed by atoms with E-state index in [2.05, 4.69) is 59.8 Å². The van der Waals surface area contributed by atoms with Crippen LogP contribution in [-0.2, 0) is 6.18 Å². The molecule has 3 saturated heterocycles. The van der Waals surface area contributed by atoms with Crippen LogP contribution >= 0.6 is 0 Å². The van der Waals surface area contributed by atoms with Crippen LogP contribution in [0.3, 0.4) is 0 Å². The summed E-state index contributed by atoms with van der Waals surface area (Å²) in [5.74, 6) is 0.288. The summed E-state index contributed by atoms with van der Waals surface area (Å²) in [6.45, 7) is 8.34. The van der Waals surface area contributed by atoms with Gasteiger partial charge < -0.3 is 30.7 Å². The molecule has 4 fully saturated rings. The van der Waals surface area contributed by atoms with Crippen molar-refractivity contribution in [2.75, 3.05) is 88.0 Å². The van der Waals surface area contributed by atoms with E-state index >= 15 is 0 Å². The summed E-state index contributed by atoms with van der Waals surface area (Å²) >= 11 is 0. The van der Waals surface area contributed by atoms with Gasteiger partial charge in [-0.1, -0.05) is 0 Å². The van der Waals surface area contributed by atoms with E-state index in [0.717, 1.165) is 56.5 Å². The Morgan fingerprint density at radius 1 is 1.02 bits per heavy atom.